The summed E-state index contributed by atoms with van der Waals surface area (Å²) in [5.74, 6) is -0.953. The molecular weight excluding hydrogens is 349 g/mol. The Hall–Kier alpha value is -2.77. The third-order valence-corrected chi connectivity index (χ3v) is 3.96. The maximum atomic E-state index is 12.7. The van der Waals surface area contributed by atoms with Crippen LogP contribution < -0.4 is 4.74 Å². The van der Waals surface area contributed by atoms with Crippen molar-refractivity contribution in [3.05, 3.63) is 52.3 Å². The van der Waals surface area contributed by atoms with Crippen LogP contribution in [0.25, 0.3) is 0 Å². The van der Waals surface area contributed by atoms with Crippen molar-refractivity contribution in [1.29, 1.82) is 0 Å². The van der Waals surface area contributed by atoms with Crippen molar-refractivity contribution in [3.63, 3.8) is 0 Å². The summed E-state index contributed by atoms with van der Waals surface area (Å²) in [6.07, 6.45) is -4.82. The number of nitrogens with zero attached hydrogens (tertiary/aromatic N) is 1. The summed E-state index contributed by atoms with van der Waals surface area (Å²) in [6, 6.07) is 5.64. The van der Waals surface area contributed by atoms with E-state index in [4.69, 9.17) is 0 Å². The molecule has 140 valence electrons. The van der Waals surface area contributed by atoms with Gasteiger partial charge in [-0.2, -0.15) is 0 Å². The summed E-state index contributed by atoms with van der Waals surface area (Å²) < 4.78 is 41.6. The van der Waals surface area contributed by atoms with E-state index in [1.165, 1.54) is 37.1 Å². The molecule has 0 aliphatic heterocycles. The minimum absolute atomic E-state index is 0.0853. The molecule has 1 N–H and O–H groups in total. The van der Waals surface area contributed by atoms with Crippen molar-refractivity contribution in [3.8, 4) is 5.75 Å². The highest BCUT2D eigenvalue weighted by atomic mass is 19.4. The van der Waals surface area contributed by atoms with Crippen LogP contribution in [0, 0.1) is 13.8 Å². The summed E-state index contributed by atoms with van der Waals surface area (Å²) in [5, 5.41) is 0. The Bertz CT molecular complexity index is 841. The normalized spacial score (nSPS) is 11.3. The number of ketones is 1. The number of alkyl halides is 3. The van der Waals surface area contributed by atoms with Crippen molar-refractivity contribution in [2.45, 2.75) is 33.7 Å². The smallest absolute Gasteiger partial charge is 0.405 e. The monoisotopic (exact) mass is 368 g/mol. The molecule has 2 aromatic rings. The lowest BCUT2D eigenvalue weighted by Crippen LogP contribution is -2.28. The zero-order chi connectivity index (χ0) is 19.6. The van der Waals surface area contributed by atoms with Gasteiger partial charge in [0.25, 0.3) is 5.91 Å². The summed E-state index contributed by atoms with van der Waals surface area (Å²) in [5.41, 5.74) is 2.00. The number of amides is 1. The first kappa shape index (κ1) is 19.6. The molecule has 0 aliphatic rings. The van der Waals surface area contributed by atoms with Crippen LogP contribution in [0.4, 0.5) is 13.2 Å². The molecule has 0 unspecified atom stereocenters. The largest absolute Gasteiger partial charge is 0.573 e. The minimum Gasteiger partial charge on any atom is -0.405 e. The first-order valence-corrected chi connectivity index (χ1v) is 7.80. The average molecular weight is 368 g/mol. The van der Waals surface area contributed by atoms with Gasteiger partial charge in [0, 0.05) is 30.4 Å². The molecule has 0 bridgehead atoms. The highest BCUT2D eigenvalue weighted by molar-refractivity contribution is 6.02. The fraction of sp³-hybridized carbons (Fsp3) is 0.333. The van der Waals surface area contributed by atoms with E-state index in [1.54, 1.807) is 19.9 Å². The number of aryl methyl sites for hydroxylation is 1. The minimum atomic E-state index is -4.82. The second-order valence-electron chi connectivity index (χ2n) is 6.00. The number of ether oxygens (including phenoxy) is 1. The van der Waals surface area contributed by atoms with Crippen LogP contribution in [0.5, 0.6) is 5.75 Å². The van der Waals surface area contributed by atoms with E-state index in [1.807, 2.05) is 0 Å². The van der Waals surface area contributed by atoms with Crippen molar-refractivity contribution in [1.82, 2.24) is 9.88 Å². The lowest BCUT2D eigenvalue weighted by Gasteiger charge is -2.20. The lowest BCUT2D eigenvalue weighted by atomic mass is 10.1. The van der Waals surface area contributed by atoms with Crippen LogP contribution in [0.2, 0.25) is 0 Å². The number of rotatable bonds is 5. The Kier molecular flexibility index (Phi) is 5.44. The van der Waals surface area contributed by atoms with Crippen LogP contribution in [0.3, 0.4) is 0 Å². The molecule has 2 rings (SSSR count). The zero-order valence-electron chi connectivity index (χ0n) is 14.8. The standard InChI is InChI=1S/C18H19F3N2O3/c1-10-15(12(3)24)11(2)22-16(10)17(25)23(4)9-13-7-5-6-8-14(13)26-18(19,20)21/h5-8,22H,9H2,1-4H3. The lowest BCUT2D eigenvalue weighted by molar-refractivity contribution is -0.275. The molecule has 1 aromatic carbocycles. The van der Waals surface area contributed by atoms with Crippen molar-refractivity contribution in [2.24, 2.45) is 0 Å². The number of halogens is 3. The number of nitrogens with one attached hydrogen (secondary N) is 1. The molecule has 0 atom stereocenters. The predicted molar refractivity (Wildman–Crippen MR) is 89.2 cm³/mol. The molecule has 1 amide bonds. The molecule has 0 radical (unpaired) electrons. The first-order chi connectivity index (χ1) is 12.0. The molecule has 0 spiro atoms. The van der Waals surface area contributed by atoms with Crippen LogP contribution in [0.1, 0.15) is 44.6 Å². The molecule has 0 fully saturated rings. The highest BCUT2D eigenvalue weighted by Crippen LogP contribution is 2.27. The first-order valence-electron chi connectivity index (χ1n) is 7.80. The number of carbonyl (C=O) groups is 2. The van der Waals surface area contributed by atoms with Gasteiger partial charge in [-0.15, -0.1) is 13.2 Å². The predicted octanol–water partition coefficient (Wildman–Crippen LogP) is 4.00. The maximum Gasteiger partial charge on any atom is 0.573 e. The summed E-state index contributed by atoms with van der Waals surface area (Å²) in [7, 11) is 1.47. The number of hydrogen-bond acceptors (Lipinski definition) is 3. The van der Waals surface area contributed by atoms with Gasteiger partial charge in [0.05, 0.1) is 0 Å². The Morgan fingerprint density at radius 1 is 1.19 bits per heavy atom. The van der Waals surface area contributed by atoms with E-state index in [0.717, 1.165) is 0 Å². The Labute approximate surface area is 148 Å². The van der Waals surface area contributed by atoms with Gasteiger partial charge in [0.15, 0.2) is 5.78 Å². The van der Waals surface area contributed by atoms with E-state index >= 15 is 0 Å². The molecule has 26 heavy (non-hydrogen) atoms. The average Bonchev–Trinajstić information content (AvgIpc) is 2.81. The second kappa shape index (κ2) is 7.23. The van der Waals surface area contributed by atoms with Gasteiger partial charge in [-0.05, 0) is 32.4 Å². The van der Waals surface area contributed by atoms with Gasteiger partial charge in [-0.1, -0.05) is 18.2 Å². The van der Waals surface area contributed by atoms with Crippen molar-refractivity contribution in [2.75, 3.05) is 7.05 Å². The second-order valence-corrected chi connectivity index (χ2v) is 6.00. The molecule has 0 saturated carbocycles. The quantitative estimate of drug-likeness (QED) is 0.812. The Balaban J connectivity index is 2.26. The van der Waals surface area contributed by atoms with Crippen LogP contribution in [0.15, 0.2) is 24.3 Å². The van der Waals surface area contributed by atoms with Gasteiger partial charge in [0.2, 0.25) is 0 Å². The third-order valence-electron chi connectivity index (χ3n) is 3.96. The number of aromatic amines is 1. The van der Waals surface area contributed by atoms with E-state index in [0.29, 0.717) is 16.8 Å². The molecule has 0 saturated heterocycles. The molecule has 1 heterocycles. The summed E-state index contributed by atoms with van der Waals surface area (Å²) in [4.78, 5) is 28.5. The highest BCUT2D eigenvalue weighted by Gasteiger charge is 2.32. The summed E-state index contributed by atoms with van der Waals surface area (Å²) in [6.45, 7) is 4.67. The third kappa shape index (κ3) is 4.25. The number of aromatic nitrogens is 1. The molecule has 0 aliphatic carbocycles. The van der Waals surface area contributed by atoms with E-state index in [9.17, 15) is 22.8 Å². The number of carbonyl (C=O) groups excluding carboxylic acids is 2. The summed E-state index contributed by atoms with van der Waals surface area (Å²) >= 11 is 0. The number of hydrogen-bond donors (Lipinski definition) is 1. The van der Waals surface area contributed by atoms with E-state index in [-0.39, 0.29) is 29.3 Å². The van der Waals surface area contributed by atoms with Gasteiger partial charge in [-0.25, -0.2) is 0 Å². The zero-order valence-corrected chi connectivity index (χ0v) is 14.8. The van der Waals surface area contributed by atoms with Crippen LogP contribution in [-0.4, -0.2) is 35.0 Å². The van der Waals surface area contributed by atoms with Crippen molar-refractivity contribution >= 4 is 11.7 Å². The number of H-pyrrole nitrogens is 1. The van der Waals surface area contributed by atoms with E-state index < -0.39 is 12.3 Å². The molecular formula is C18H19F3N2O3. The van der Waals surface area contributed by atoms with Crippen LogP contribution in [-0.2, 0) is 6.54 Å². The number of Topliss-reactive ketones (excluding diaryl/α,β-unsaturated/α-hetero) is 1. The molecule has 5 nitrogen and oxygen atoms in total. The van der Waals surface area contributed by atoms with Gasteiger partial charge in [0.1, 0.15) is 11.4 Å². The van der Waals surface area contributed by atoms with Crippen LogP contribution >= 0.6 is 0 Å². The number of para-hydroxylation sites is 1. The molecule has 1 aromatic heterocycles. The van der Waals surface area contributed by atoms with Crippen molar-refractivity contribution < 1.29 is 27.5 Å². The maximum absolute atomic E-state index is 12.7. The van der Waals surface area contributed by atoms with Gasteiger partial charge < -0.3 is 14.6 Å². The molecule has 8 heteroatoms. The number of benzene rings is 1. The van der Waals surface area contributed by atoms with Gasteiger partial charge in [-0.3, -0.25) is 9.59 Å². The van der Waals surface area contributed by atoms with Gasteiger partial charge >= 0.3 is 6.36 Å². The fourth-order valence-electron chi connectivity index (χ4n) is 2.87. The Morgan fingerprint density at radius 2 is 1.81 bits per heavy atom. The fourth-order valence-corrected chi connectivity index (χ4v) is 2.87. The topological polar surface area (TPSA) is 62.4 Å². The van der Waals surface area contributed by atoms with E-state index in [2.05, 4.69) is 9.72 Å². The Morgan fingerprint density at radius 3 is 2.35 bits per heavy atom. The SMILES string of the molecule is CC(=O)c1c(C)[nH]c(C(=O)N(C)Cc2ccccc2OC(F)(F)F)c1C.